The molecule has 2 nitrogen and oxygen atoms in total. The topological polar surface area (TPSA) is 26.3 Å². The van der Waals surface area contributed by atoms with Crippen molar-refractivity contribution in [2.24, 2.45) is 0 Å². The van der Waals surface area contributed by atoms with Crippen LogP contribution >= 0.6 is 30.3 Å². The van der Waals surface area contributed by atoms with E-state index in [-0.39, 0.29) is 5.97 Å². The summed E-state index contributed by atoms with van der Waals surface area (Å²) in [6.07, 6.45) is 8.89. The molecule has 0 atom stereocenters. The molecule has 0 aliphatic rings. The summed E-state index contributed by atoms with van der Waals surface area (Å²) in [6, 6.07) is 37.3. The first kappa shape index (κ1) is 31.5. The number of ether oxygens (including phenoxy) is 1. The van der Waals surface area contributed by atoms with Crippen LogP contribution in [0.2, 0.25) is 0 Å². The van der Waals surface area contributed by atoms with E-state index in [1.807, 2.05) is 0 Å². The third-order valence-corrected chi connectivity index (χ3v) is 14.4. The quantitative estimate of drug-likeness (QED) is 0.0519. The number of carbonyl (C=O) groups excluding carboxylic acids is 1. The van der Waals surface area contributed by atoms with Crippen LogP contribution < -0.4 is 0 Å². The Morgan fingerprint density at radius 2 is 1.33 bits per heavy atom. The van der Waals surface area contributed by atoms with Crippen molar-refractivity contribution in [3.05, 3.63) is 128 Å². The van der Waals surface area contributed by atoms with E-state index in [2.05, 4.69) is 127 Å². The summed E-state index contributed by atoms with van der Waals surface area (Å²) < 4.78 is 9.39. The molecule has 0 aliphatic heterocycles. The van der Waals surface area contributed by atoms with Gasteiger partial charge in [0.15, 0.2) is 0 Å². The van der Waals surface area contributed by atoms with Crippen molar-refractivity contribution < 1.29 is 9.53 Å². The number of hydrogen-bond acceptors (Lipinski definition) is 2. The Hall–Kier alpha value is -2.96. The molecule has 0 aromatic heterocycles. The predicted molar refractivity (Wildman–Crippen MR) is 196 cm³/mol. The Labute approximate surface area is 269 Å². The van der Waals surface area contributed by atoms with Crippen LogP contribution in [0.4, 0.5) is 0 Å². The fraction of sp³-hybridized carbons (Fsp3) is 0.256. The molecule has 0 aliphatic carbocycles. The van der Waals surface area contributed by atoms with Gasteiger partial charge in [0.2, 0.25) is 0 Å². The van der Waals surface area contributed by atoms with Crippen LogP contribution in [-0.2, 0) is 16.0 Å². The van der Waals surface area contributed by atoms with Crippen LogP contribution in [0.5, 0.6) is 0 Å². The second-order valence-corrected chi connectivity index (χ2v) is 18.7. The Kier molecular flexibility index (Phi) is 11.5. The van der Waals surface area contributed by atoms with Crippen LogP contribution in [0, 0.1) is 3.57 Å². The van der Waals surface area contributed by atoms with E-state index in [0.29, 0.717) is 0 Å². The Balaban J connectivity index is 1.63. The van der Waals surface area contributed by atoms with Crippen molar-refractivity contribution in [1.29, 1.82) is 0 Å². The Morgan fingerprint density at radius 1 is 0.721 bits per heavy atom. The number of hydrogen-bond donors (Lipinski definition) is 0. The van der Waals surface area contributed by atoms with Gasteiger partial charge in [0.1, 0.15) is 0 Å². The molecule has 0 heterocycles. The van der Waals surface area contributed by atoms with Crippen LogP contribution in [-0.4, -0.2) is 5.97 Å². The maximum absolute atomic E-state index is 12.1. The zero-order valence-electron chi connectivity index (χ0n) is 25.1. The van der Waals surface area contributed by atoms with Crippen molar-refractivity contribution >= 4 is 57.8 Å². The van der Waals surface area contributed by atoms with Gasteiger partial charge in [0.25, 0.3) is 0 Å². The fourth-order valence-electron chi connectivity index (χ4n) is 5.78. The maximum atomic E-state index is 12.1. The number of rotatable bonds is 13. The van der Waals surface area contributed by atoms with E-state index < -0.39 is 17.6 Å². The molecular formula is C39H40BrIO2. The average Bonchev–Trinajstić information content (AvgIpc) is 3.02. The second kappa shape index (κ2) is 15.7. The zero-order valence-corrected chi connectivity index (χ0v) is 28.9. The molecule has 222 valence electrons. The molecule has 0 bridgehead atoms. The van der Waals surface area contributed by atoms with E-state index in [4.69, 9.17) is 4.74 Å². The predicted octanol–water partition coefficient (Wildman–Crippen LogP) is 12.4. The van der Waals surface area contributed by atoms with Gasteiger partial charge in [-0.25, -0.2) is 0 Å². The van der Waals surface area contributed by atoms with Crippen molar-refractivity contribution in [1.82, 2.24) is 0 Å². The Bertz CT molecular complexity index is 1710. The van der Waals surface area contributed by atoms with Crippen LogP contribution in [0.15, 0.2) is 113 Å². The second-order valence-electron chi connectivity index (χ2n) is 11.1. The molecule has 43 heavy (non-hydrogen) atoms. The molecule has 0 spiro atoms. The fourth-order valence-corrected chi connectivity index (χ4v) is 11.7. The summed E-state index contributed by atoms with van der Waals surface area (Å²) in [6.45, 7) is 3.75. The molecule has 0 amide bonds. The molecule has 0 saturated carbocycles. The number of esters is 1. The SMILES string of the molecule is CCCCCCCC/C(=C/I(Br)c1ccc2ccccc2c1-c1c(Cc2ccccc2)ccc2ccccc12)OC(C)=O. The van der Waals surface area contributed by atoms with Gasteiger partial charge in [0, 0.05) is 0 Å². The first-order valence-corrected chi connectivity index (χ1v) is 22.5. The number of halogens is 2. The van der Waals surface area contributed by atoms with Crippen LogP contribution in [0.3, 0.4) is 0 Å². The van der Waals surface area contributed by atoms with E-state index in [1.54, 1.807) is 0 Å². The normalized spacial score (nSPS) is 12.1. The first-order chi connectivity index (χ1) is 21.0. The molecule has 0 fully saturated rings. The molecule has 0 radical (unpaired) electrons. The molecule has 5 rings (SSSR count). The van der Waals surface area contributed by atoms with Gasteiger partial charge in [-0.05, 0) is 0 Å². The van der Waals surface area contributed by atoms with E-state index in [9.17, 15) is 4.79 Å². The molecule has 0 saturated heterocycles. The molecule has 4 heteroatoms. The molecule has 5 aromatic carbocycles. The van der Waals surface area contributed by atoms with E-state index in [1.165, 1.54) is 80.0 Å². The third-order valence-electron chi connectivity index (χ3n) is 7.84. The number of allylic oxidation sites excluding steroid dienone is 1. The van der Waals surface area contributed by atoms with Crippen molar-refractivity contribution in [2.75, 3.05) is 0 Å². The van der Waals surface area contributed by atoms with Gasteiger partial charge in [-0.3, -0.25) is 0 Å². The molecule has 5 aromatic rings. The summed E-state index contributed by atoms with van der Waals surface area (Å²) >= 11 is 2.10. The molecular weight excluding hydrogens is 707 g/mol. The number of unbranched alkanes of at least 4 members (excludes halogenated alkanes) is 5. The third kappa shape index (κ3) is 8.16. The number of benzene rings is 5. The first-order valence-electron chi connectivity index (χ1n) is 15.4. The number of carbonyl (C=O) groups is 1. The number of fused-ring (bicyclic) bond motifs is 2. The van der Waals surface area contributed by atoms with E-state index in [0.717, 1.165) is 31.4 Å². The zero-order chi connectivity index (χ0) is 30.0. The van der Waals surface area contributed by atoms with Crippen molar-refractivity contribution in [2.45, 2.75) is 65.2 Å². The summed E-state index contributed by atoms with van der Waals surface area (Å²) in [4.78, 5) is 12.1. The van der Waals surface area contributed by atoms with Gasteiger partial charge < -0.3 is 0 Å². The van der Waals surface area contributed by atoms with Gasteiger partial charge in [-0.1, -0.05) is 0 Å². The minimum atomic E-state index is -2.10. The van der Waals surface area contributed by atoms with Gasteiger partial charge in [-0.15, -0.1) is 0 Å². The minimum absolute atomic E-state index is 0.244. The Morgan fingerprint density at radius 3 is 2.02 bits per heavy atom. The molecule has 0 N–H and O–H groups in total. The van der Waals surface area contributed by atoms with Crippen LogP contribution in [0.25, 0.3) is 32.7 Å². The van der Waals surface area contributed by atoms with Crippen LogP contribution in [0.1, 0.15) is 69.9 Å². The van der Waals surface area contributed by atoms with Gasteiger partial charge in [-0.2, -0.15) is 0 Å². The summed E-state index contributed by atoms with van der Waals surface area (Å²) in [5.41, 5.74) is 5.20. The summed E-state index contributed by atoms with van der Waals surface area (Å²) in [5.74, 6) is 0.568. The van der Waals surface area contributed by atoms with Gasteiger partial charge >= 0.3 is 271 Å². The van der Waals surface area contributed by atoms with E-state index >= 15 is 0 Å². The van der Waals surface area contributed by atoms with Crippen molar-refractivity contribution in [3.8, 4) is 11.1 Å². The monoisotopic (exact) mass is 746 g/mol. The van der Waals surface area contributed by atoms with Crippen molar-refractivity contribution in [3.63, 3.8) is 0 Å². The molecule has 0 unspecified atom stereocenters. The summed E-state index contributed by atoms with van der Waals surface area (Å²) in [7, 11) is 0. The average molecular weight is 748 g/mol. The summed E-state index contributed by atoms with van der Waals surface area (Å²) in [5, 5.41) is 4.99. The van der Waals surface area contributed by atoms with Gasteiger partial charge in [0.05, 0.1) is 0 Å². The standard InChI is InChI=1S/C39H40BrIO2/c1-3-4-5-6-7-11-20-34(43-29(2)42)28-41(40)37-26-25-32-19-13-15-22-36(32)39(37)38-33(27-30-16-9-8-10-17-30)24-23-31-18-12-14-21-35(31)38/h8-10,12-19,21-26,28H,3-7,11,20,27H2,1-2H3/b34-28-.